The number of ether oxygens (including phenoxy) is 1. The van der Waals surface area contributed by atoms with Gasteiger partial charge >= 0.3 is 0 Å². The van der Waals surface area contributed by atoms with E-state index in [1.807, 2.05) is 42.5 Å². The Morgan fingerprint density at radius 1 is 1.06 bits per heavy atom. The van der Waals surface area contributed by atoms with Crippen molar-refractivity contribution >= 4 is 34.9 Å². The van der Waals surface area contributed by atoms with E-state index in [0.717, 1.165) is 31.2 Å². The van der Waals surface area contributed by atoms with Crippen LogP contribution >= 0.6 is 23.8 Å². The molecule has 31 heavy (non-hydrogen) atoms. The first-order chi connectivity index (χ1) is 15.0. The molecule has 1 heterocycles. The van der Waals surface area contributed by atoms with Crippen molar-refractivity contribution in [1.29, 1.82) is 0 Å². The van der Waals surface area contributed by atoms with Gasteiger partial charge in [0, 0.05) is 18.0 Å². The fourth-order valence-corrected chi connectivity index (χ4v) is 4.27. The molecule has 5 nitrogen and oxygen atoms in total. The summed E-state index contributed by atoms with van der Waals surface area (Å²) in [5.41, 5.74) is 1.05. The van der Waals surface area contributed by atoms with Crippen LogP contribution in [0.2, 0.25) is 5.15 Å². The summed E-state index contributed by atoms with van der Waals surface area (Å²) in [6.07, 6.45) is 4.32. The molecular formula is C23H22ClFN4OS. The summed E-state index contributed by atoms with van der Waals surface area (Å²) in [4.78, 5) is 8.51. The molecule has 1 aliphatic rings. The van der Waals surface area contributed by atoms with Gasteiger partial charge in [0.15, 0.2) is 5.11 Å². The molecule has 4 rings (SSSR count). The zero-order valence-corrected chi connectivity index (χ0v) is 18.3. The zero-order valence-electron chi connectivity index (χ0n) is 16.8. The molecule has 1 aromatic heterocycles. The Morgan fingerprint density at radius 2 is 1.77 bits per heavy atom. The standard InChI is InChI=1S/C23H22ClFN4OS/c24-19-14-20(30-18-6-2-1-3-7-18)28-21(27-19)29-22(31)26-15-23(12-4-5-13-23)16-8-10-17(25)11-9-16/h1-3,6-11,14H,4-5,12-13,15H2,(H2,26,27,28,29,31). The fourth-order valence-electron chi connectivity index (χ4n) is 3.93. The number of thiocarbonyl (C=S) groups is 1. The average molecular weight is 457 g/mol. The molecular weight excluding hydrogens is 435 g/mol. The summed E-state index contributed by atoms with van der Waals surface area (Å²) >= 11 is 11.6. The van der Waals surface area contributed by atoms with Gasteiger partial charge in [-0.15, -0.1) is 0 Å². The highest BCUT2D eigenvalue weighted by Crippen LogP contribution is 2.40. The molecule has 1 saturated carbocycles. The van der Waals surface area contributed by atoms with Crippen LogP contribution in [0.4, 0.5) is 10.3 Å². The number of hydrogen-bond acceptors (Lipinski definition) is 4. The number of aromatic nitrogens is 2. The first-order valence-electron chi connectivity index (χ1n) is 10.1. The molecule has 8 heteroatoms. The molecule has 0 radical (unpaired) electrons. The molecule has 0 spiro atoms. The lowest BCUT2D eigenvalue weighted by Gasteiger charge is -2.30. The van der Waals surface area contributed by atoms with Crippen LogP contribution in [0.5, 0.6) is 11.6 Å². The molecule has 2 aromatic carbocycles. The minimum Gasteiger partial charge on any atom is -0.439 e. The van der Waals surface area contributed by atoms with Gasteiger partial charge in [0.05, 0.1) is 0 Å². The average Bonchev–Trinajstić information content (AvgIpc) is 3.23. The van der Waals surface area contributed by atoms with E-state index in [9.17, 15) is 4.39 Å². The number of rotatable bonds is 6. The fraction of sp³-hybridized carbons (Fsp3) is 0.261. The largest absolute Gasteiger partial charge is 0.439 e. The van der Waals surface area contributed by atoms with Crippen LogP contribution in [0.3, 0.4) is 0 Å². The maximum atomic E-state index is 13.4. The first kappa shape index (κ1) is 21.5. The van der Waals surface area contributed by atoms with E-state index in [1.54, 1.807) is 0 Å². The monoisotopic (exact) mass is 456 g/mol. The first-order valence-corrected chi connectivity index (χ1v) is 10.9. The summed E-state index contributed by atoms with van der Waals surface area (Å²) in [5, 5.41) is 6.89. The van der Waals surface area contributed by atoms with E-state index in [4.69, 9.17) is 28.6 Å². The van der Waals surface area contributed by atoms with Crippen molar-refractivity contribution in [3.63, 3.8) is 0 Å². The second-order valence-corrected chi connectivity index (χ2v) is 8.37. The number of anilines is 1. The highest BCUT2D eigenvalue weighted by atomic mass is 35.5. The van der Waals surface area contributed by atoms with Gasteiger partial charge in [0.25, 0.3) is 0 Å². The summed E-state index contributed by atoms with van der Waals surface area (Å²) in [5.74, 6) is 0.980. The second kappa shape index (κ2) is 9.58. The van der Waals surface area contributed by atoms with E-state index in [1.165, 1.54) is 18.2 Å². The quantitative estimate of drug-likeness (QED) is 0.358. The molecule has 0 aliphatic heterocycles. The smallest absolute Gasteiger partial charge is 0.233 e. The highest BCUT2D eigenvalue weighted by Gasteiger charge is 2.35. The van der Waals surface area contributed by atoms with Crippen molar-refractivity contribution in [2.75, 3.05) is 11.9 Å². The maximum Gasteiger partial charge on any atom is 0.233 e. The normalized spacial score (nSPS) is 14.8. The number of hydrogen-bond donors (Lipinski definition) is 2. The van der Waals surface area contributed by atoms with Gasteiger partial charge < -0.3 is 15.4 Å². The Balaban J connectivity index is 1.42. The number of nitrogens with zero attached hydrogens (tertiary/aromatic N) is 2. The van der Waals surface area contributed by atoms with Gasteiger partial charge in [0.2, 0.25) is 11.8 Å². The lowest BCUT2D eigenvalue weighted by molar-refractivity contribution is 0.434. The Kier molecular flexibility index (Phi) is 6.63. The molecule has 0 unspecified atom stereocenters. The molecule has 0 amide bonds. The summed E-state index contributed by atoms with van der Waals surface area (Å²) in [6, 6.07) is 17.6. The predicted octanol–water partition coefficient (Wildman–Crippen LogP) is 5.86. The van der Waals surface area contributed by atoms with Crippen molar-refractivity contribution in [3.05, 3.63) is 77.2 Å². The van der Waals surface area contributed by atoms with Crippen LogP contribution in [0.1, 0.15) is 31.2 Å². The van der Waals surface area contributed by atoms with Crippen LogP contribution in [0.15, 0.2) is 60.7 Å². The van der Waals surface area contributed by atoms with E-state index < -0.39 is 0 Å². The third-order valence-corrected chi connectivity index (χ3v) is 5.91. The van der Waals surface area contributed by atoms with Crippen molar-refractivity contribution in [2.24, 2.45) is 0 Å². The maximum absolute atomic E-state index is 13.4. The van der Waals surface area contributed by atoms with Crippen molar-refractivity contribution in [3.8, 4) is 11.6 Å². The molecule has 1 aliphatic carbocycles. The van der Waals surface area contributed by atoms with Gasteiger partial charge in [-0.2, -0.15) is 4.98 Å². The Hall–Kier alpha value is -2.77. The van der Waals surface area contributed by atoms with E-state index in [2.05, 4.69) is 20.6 Å². The van der Waals surface area contributed by atoms with Gasteiger partial charge in [0.1, 0.15) is 16.7 Å². The van der Waals surface area contributed by atoms with Crippen LogP contribution in [0, 0.1) is 5.82 Å². The Labute approximate surface area is 191 Å². The number of benzene rings is 2. The Morgan fingerprint density at radius 3 is 2.48 bits per heavy atom. The van der Waals surface area contributed by atoms with Crippen LogP contribution < -0.4 is 15.4 Å². The van der Waals surface area contributed by atoms with Crippen LogP contribution in [0.25, 0.3) is 0 Å². The Bertz CT molecular complexity index is 1040. The van der Waals surface area contributed by atoms with Gasteiger partial charge in [-0.25, -0.2) is 9.37 Å². The van der Waals surface area contributed by atoms with Gasteiger partial charge in [-0.1, -0.05) is 54.8 Å². The molecule has 3 aromatic rings. The molecule has 0 saturated heterocycles. The zero-order chi connectivity index (χ0) is 21.7. The van der Waals surface area contributed by atoms with Gasteiger partial charge in [-0.3, -0.25) is 0 Å². The van der Waals surface area contributed by atoms with Crippen molar-refractivity contribution < 1.29 is 9.13 Å². The van der Waals surface area contributed by atoms with E-state index >= 15 is 0 Å². The minimum atomic E-state index is -0.228. The van der Waals surface area contributed by atoms with Crippen LogP contribution in [-0.2, 0) is 5.41 Å². The molecule has 0 atom stereocenters. The number of para-hydroxylation sites is 1. The van der Waals surface area contributed by atoms with Crippen molar-refractivity contribution in [2.45, 2.75) is 31.1 Å². The molecule has 1 fully saturated rings. The summed E-state index contributed by atoms with van der Waals surface area (Å²) in [6.45, 7) is 0.637. The van der Waals surface area contributed by atoms with E-state index in [0.29, 0.717) is 23.3 Å². The molecule has 0 bridgehead atoms. The third-order valence-electron chi connectivity index (χ3n) is 5.47. The highest BCUT2D eigenvalue weighted by molar-refractivity contribution is 7.80. The molecule has 2 N–H and O–H groups in total. The predicted molar refractivity (Wildman–Crippen MR) is 124 cm³/mol. The summed E-state index contributed by atoms with van der Waals surface area (Å²) < 4.78 is 19.1. The SMILES string of the molecule is Fc1ccc(C2(CNC(=S)Nc3nc(Cl)cc(Oc4ccccc4)n3)CCCC2)cc1. The number of halogens is 2. The van der Waals surface area contributed by atoms with Gasteiger partial charge in [-0.05, 0) is 54.9 Å². The number of nitrogens with one attached hydrogen (secondary N) is 2. The lowest BCUT2D eigenvalue weighted by Crippen LogP contribution is -2.41. The second-order valence-electron chi connectivity index (χ2n) is 7.57. The van der Waals surface area contributed by atoms with Crippen molar-refractivity contribution in [1.82, 2.24) is 15.3 Å². The topological polar surface area (TPSA) is 59.1 Å². The molecule has 160 valence electrons. The van der Waals surface area contributed by atoms with E-state index in [-0.39, 0.29) is 22.3 Å². The third kappa shape index (κ3) is 5.48. The lowest BCUT2D eigenvalue weighted by atomic mass is 9.79. The van der Waals surface area contributed by atoms with Crippen LogP contribution in [-0.4, -0.2) is 21.6 Å². The summed E-state index contributed by atoms with van der Waals surface area (Å²) in [7, 11) is 0. The minimum absolute atomic E-state index is 0.0732.